The molecule has 1 fully saturated rings. The molecule has 0 aliphatic carbocycles. The van der Waals surface area contributed by atoms with E-state index in [9.17, 15) is 0 Å². The van der Waals surface area contributed by atoms with E-state index in [1.165, 1.54) is 43.6 Å². The van der Waals surface area contributed by atoms with E-state index in [0.29, 0.717) is 0 Å². The van der Waals surface area contributed by atoms with E-state index in [0.717, 1.165) is 24.8 Å². The summed E-state index contributed by atoms with van der Waals surface area (Å²) in [4.78, 5) is 2.27. The third kappa shape index (κ3) is 2.46. The maximum absolute atomic E-state index is 5.77. The molecule has 0 atom stereocenters. The number of fused-ring (bicyclic) bond motifs is 1. The lowest BCUT2D eigenvalue weighted by Gasteiger charge is -2.28. The number of benzene rings is 1. The lowest BCUT2D eigenvalue weighted by Crippen LogP contribution is -2.29. The predicted octanol–water partition coefficient (Wildman–Crippen LogP) is 2.06. The Morgan fingerprint density at radius 1 is 1.33 bits per heavy atom. The highest BCUT2D eigenvalue weighted by molar-refractivity contribution is 5.60. The van der Waals surface area contributed by atoms with E-state index >= 15 is 0 Å². The molecular weight excluding hydrogens is 224 g/mol. The molecule has 1 aromatic rings. The van der Waals surface area contributed by atoms with Crippen LogP contribution in [0.5, 0.6) is 5.75 Å². The maximum atomic E-state index is 5.77. The van der Waals surface area contributed by atoms with Gasteiger partial charge in [-0.25, -0.2) is 0 Å². The lowest BCUT2D eigenvalue weighted by molar-refractivity contribution is 0.310. The van der Waals surface area contributed by atoms with Gasteiger partial charge in [-0.15, -0.1) is 0 Å². The van der Waals surface area contributed by atoms with E-state index in [4.69, 9.17) is 4.74 Å². The first-order valence-electron chi connectivity index (χ1n) is 7.00. The van der Waals surface area contributed by atoms with Gasteiger partial charge in [0.2, 0.25) is 0 Å². The Bertz CT molecular complexity index is 413. The van der Waals surface area contributed by atoms with E-state index in [1.807, 2.05) is 0 Å². The first kappa shape index (κ1) is 11.8. The summed E-state index contributed by atoms with van der Waals surface area (Å²) in [5.41, 5.74) is 2.66. The van der Waals surface area contributed by atoms with Crippen molar-refractivity contribution >= 4 is 5.69 Å². The van der Waals surface area contributed by atoms with Crippen molar-refractivity contribution in [3.05, 3.63) is 23.8 Å². The number of hydrogen-bond acceptors (Lipinski definition) is 3. The van der Waals surface area contributed by atoms with Crippen molar-refractivity contribution in [3.63, 3.8) is 0 Å². The number of ether oxygens (including phenoxy) is 1. The largest absolute Gasteiger partial charge is 0.490 e. The summed E-state index contributed by atoms with van der Waals surface area (Å²) in [7, 11) is 2.13. The summed E-state index contributed by atoms with van der Waals surface area (Å²) in [6.07, 6.45) is 3.80. The summed E-state index contributed by atoms with van der Waals surface area (Å²) in [6.45, 7) is 4.14. The third-order valence-corrected chi connectivity index (χ3v) is 4.10. The van der Waals surface area contributed by atoms with Gasteiger partial charge in [0.1, 0.15) is 12.4 Å². The van der Waals surface area contributed by atoms with E-state index in [2.05, 4.69) is 35.5 Å². The van der Waals surface area contributed by atoms with Crippen molar-refractivity contribution in [3.8, 4) is 5.75 Å². The third-order valence-electron chi connectivity index (χ3n) is 4.10. The molecule has 1 aromatic carbocycles. The molecule has 0 radical (unpaired) electrons. The highest BCUT2D eigenvalue weighted by Gasteiger charge is 2.17. The van der Waals surface area contributed by atoms with Crippen LogP contribution in [-0.2, 0) is 6.42 Å². The van der Waals surface area contributed by atoms with Crippen molar-refractivity contribution in [2.75, 3.05) is 38.2 Å². The van der Waals surface area contributed by atoms with E-state index in [1.54, 1.807) is 0 Å². The number of nitrogens with zero attached hydrogens (tertiary/aromatic N) is 1. The van der Waals surface area contributed by atoms with Gasteiger partial charge in [-0.2, -0.15) is 0 Å². The summed E-state index contributed by atoms with van der Waals surface area (Å²) in [5, 5.41) is 3.42. The second-order valence-corrected chi connectivity index (χ2v) is 5.47. The minimum Gasteiger partial charge on any atom is -0.490 e. The molecule has 1 saturated heterocycles. The van der Waals surface area contributed by atoms with Crippen molar-refractivity contribution in [2.45, 2.75) is 19.3 Å². The second kappa shape index (κ2) is 5.19. The monoisotopic (exact) mass is 246 g/mol. The van der Waals surface area contributed by atoms with Crippen LogP contribution in [0.4, 0.5) is 5.69 Å². The molecule has 1 N–H and O–H groups in total. The zero-order chi connectivity index (χ0) is 12.4. The molecule has 2 heterocycles. The average Bonchev–Trinajstić information content (AvgIpc) is 2.40. The minimum atomic E-state index is 0.806. The van der Waals surface area contributed by atoms with Crippen LogP contribution >= 0.6 is 0 Å². The lowest BCUT2D eigenvalue weighted by atomic mass is 9.91. The van der Waals surface area contributed by atoms with Crippen LogP contribution in [0.2, 0.25) is 0 Å². The van der Waals surface area contributed by atoms with Gasteiger partial charge in [0.05, 0.1) is 12.2 Å². The van der Waals surface area contributed by atoms with Gasteiger partial charge in [0.25, 0.3) is 0 Å². The van der Waals surface area contributed by atoms with Crippen molar-refractivity contribution in [1.29, 1.82) is 0 Å². The van der Waals surface area contributed by atoms with Gasteiger partial charge >= 0.3 is 0 Å². The minimum absolute atomic E-state index is 0.806. The molecule has 0 unspecified atom stereocenters. The summed E-state index contributed by atoms with van der Waals surface area (Å²) in [6, 6.07) is 6.73. The summed E-state index contributed by atoms with van der Waals surface area (Å²) >= 11 is 0. The van der Waals surface area contributed by atoms with Crippen LogP contribution in [0.15, 0.2) is 18.2 Å². The fraction of sp³-hybridized carbons (Fsp3) is 0.600. The van der Waals surface area contributed by atoms with Gasteiger partial charge in [-0.05, 0) is 56.0 Å². The first-order chi connectivity index (χ1) is 8.83. The predicted molar refractivity (Wildman–Crippen MR) is 74.5 cm³/mol. The highest BCUT2D eigenvalue weighted by atomic mass is 16.5. The van der Waals surface area contributed by atoms with E-state index in [-0.39, 0.29) is 0 Å². The SMILES string of the molecule is CN1CCOc2cc(CC3CCNCC3)ccc21. The molecule has 3 nitrogen and oxygen atoms in total. The highest BCUT2D eigenvalue weighted by Crippen LogP contribution is 2.32. The molecule has 98 valence electrons. The van der Waals surface area contributed by atoms with Gasteiger partial charge in [-0.3, -0.25) is 0 Å². The van der Waals surface area contributed by atoms with Crippen LogP contribution in [0.3, 0.4) is 0 Å². The molecule has 2 aliphatic heterocycles. The Morgan fingerprint density at radius 2 is 2.17 bits per heavy atom. The number of rotatable bonds is 2. The maximum Gasteiger partial charge on any atom is 0.142 e. The number of nitrogens with one attached hydrogen (secondary N) is 1. The van der Waals surface area contributed by atoms with Crippen molar-refractivity contribution < 1.29 is 4.74 Å². The molecule has 0 saturated carbocycles. The van der Waals surface area contributed by atoms with Crippen LogP contribution < -0.4 is 15.0 Å². The topological polar surface area (TPSA) is 24.5 Å². The fourth-order valence-electron chi connectivity index (χ4n) is 2.95. The molecule has 3 heteroatoms. The Morgan fingerprint density at radius 3 is 3.00 bits per heavy atom. The molecule has 3 rings (SSSR count). The number of hydrogen-bond donors (Lipinski definition) is 1. The Kier molecular flexibility index (Phi) is 3.41. The molecular formula is C15H22N2O. The standard InChI is InChI=1S/C15H22N2O/c1-17-8-9-18-15-11-13(2-3-14(15)17)10-12-4-6-16-7-5-12/h2-3,11-12,16H,4-10H2,1H3. The molecule has 0 bridgehead atoms. The van der Waals surface area contributed by atoms with E-state index < -0.39 is 0 Å². The molecule has 2 aliphatic rings. The Hall–Kier alpha value is -1.22. The van der Waals surface area contributed by atoms with Gasteiger partial charge < -0.3 is 15.0 Å². The molecule has 0 amide bonds. The summed E-state index contributed by atoms with van der Waals surface area (Å²) in [5.74, 6) is 1.90. The quantitative estimate of drug-likeness (QED) is 0.864. The van der Waals surface area contributed by atoms with Crippen LogP contribution in [0, 0.1) is 5.92 Å². The number of anilines is 1. The van der Waals surface area contributed by atoms with Gasteiger partial charge in [-0.1, -0.05) is 6.07 Å². The van der Waals surface area contributed by atoms with Crippen molar-refractivity contribution in [1.82, 2.24) is 5.32 Å². The second-order valence-electron chi connectivity index (χ2n) is 5.47. The molecule has 0 spiro atoms. The normalized spacial score (nSPS) is 20.4. The van der Waals surface area contributed by atoms with Crippen LogP contribution in [0.1, 0.15) is 18.4 Å². The fourth-order valence-corrected chi connectivity index (χ4v) is 2.95. The van der Waals surface area contributed by atoms with Crippen LogP contribution in [0.25, 0.3) is 0 Å². The van der Waals surface area contributed by atoms with Gasteiger partial charge in [0.15, 0.2) is 0 Å². The van der Waals surface area contributed by atoms with Crippen LogP contribution in [-0.4, -0.2) is 33.3 Å². The smallest absolute Gasteiger partial charge is 0.142 e. The Labute approximate surface area is 109 Å². The van der Waals surface area contributed by atoms with Gasteiger partial charge in [0, 0.05) is 7.05 Å². The Balaban J connectivity index is 1.73. The zero-order valence-electron chi connectivity index (χ0n) is 11.1. The first-order valence-corrected chi connectivity index (χ1v) is 7.00. The molecule has 0 aromatic heterocycles. The zero-order valence-corrected chi connectivity index (χ0v) is 11.1. The number of likely N-dealkylation sites (N-methyl/N-ethyl adjacent to an activating group) is 1. The average molecular weight is 246 g/mol. The van der Waals surface area contributed by atoms with Crippen molar-refractivity contribution in [2.24, 2.45) is 5.92 Å². The molecule has 18 heavy (non-hydrogen) atoms. The summed E-state index contributed by atoms with van der Waals surface area (Å²) < 4.78 is 5.77. The number of piperidine rings is 1.